The van der Waals surface area contributed by atoms with Crippen LogP contribution >= 0.6 is 11.6 Å². The molecule has 0 aromatic heterocycles. The zero-order valence-electron chi connectivity index (χ0n) is 15.9. The molecule has 1 unspecified atom stereocenters. The number of carbonyl (C=O) groups is 1. The van der Waals surface area contributed by atoms with Crippen LogP contribution in [-0.2, 0) is 4.79 Å². The summed E-state index contributed by atoms with van der Waals surface area (Å²) in [4.78, 5) is 11.5. The molecule has 4 heteroatoms. The molecule has 1 aromatic carbocycles. The Bertz CT molecular complexity index is 658. The van der Waals surface area contributed by atoms with Gasteiger partial charge in [-0.25, -0.2) is 4.39 Å². The Morgan fingerprint density at radius 2 is 1.74 bits per heavy atom. The van der Waals surface area contributed by atoms with Gasteiger partial charge in [-0.1, -0.05) is 23.7 Å². The third-order valence-corrected chi connectivity index (χ3v) is 7.28. The second kappa shape index (κ2) is 9.23. The van der Waals surface area contributed by atoms with Gasteiger partial charge in [0, 0.05) is 0 Å². The second-order valence-electron chi connectivity index (χ2n) is 8.43. The van der Waals surface area contributed by atoms with Gasteiger partial charge in [-0.3, -0.25) is 4.79 Å². The van der Waals surface area contributed by atoms with E-state index in [-0.39, 0.29) is 16.8 Å². The van der Waals surface area contributed by atoms with Gasteiger partial charge in [-0.2, -0.15) is 0 Å². The van der Waals surface area contributed by atoms with E-state index in [9.17, 15) is 14.3 Å². The third kappa shape index (κ3) is 4.93. The van der Waals surface area contributed by atoms with E-state index < -0.39 is 5.97 Å². The van der Waals surface area contributed by atoms with Crippen LogP contribution in [0.2, 0.25) is 5.02 Å². The zero-order valence-corrected chi connectivity index (χ0v) is 16.6. The number of carboxylic acid groups (broad SMARTS) is 1. The fourth-order valence-corrected chi connectivity index (χ4v) is 5.50. The maximum atomic E-state index is 13.7. The van der Waals surface area contributed by atoms with Gasteiger partial charge < -0.3 is 5.11 Å². The largest absolute Gasteiger partial charge is 0.481 e. The third-order valence-electron chi connectivity index (χ3n) is 6.98. The van der Waals surface area contributed by atoms with E-state index in [0.717, 1.165) is 55.9 Å². The molecule has 3 rings (SSSR count). The van der Waals surface area contributed by atoms with E-state index in [4.69, 9.17) is 11.6 Å². The first-order valence-electron chi connectivity index (χ1n) is 10.3. The molecule has 2 saturated carbocycles. The summed E-state index contributed by atoms with van der Waals surface area (Å²) in [6.45, 7) is 3.71. The van der Waals surface area contributed by atoms with E-state index >= 15 is 0 Å². The van der Waals surface area contributed by atoms with Crippen molar-refractivity contribution < 1.29 is 14.3 Å². The molecule has 1 atom stereocenters. The van der Waals surface area contributed by atoms with Gasteiger partial charge in [0.05, 0.1) is 10.9 Å². The van der Waals surface area contributed by atoms with Gasteiger partial charge >= 0.3 is 5.97 Å². The summed E-state index contributed by atoms with van der Waals surface area (Å²) < 4.78 is 13.7. The molecule has 0 radical (unpaired) electrons. The van der Waals surface area contributed by atoms with Gasteiger partial charge in [0.2, 0.25) is 0 Å². The van der Waals surface area contributed by atoms with E-state index in [2.05, 4.69) is 6.58 Å². The van der Waals surface area contributed by atoms with E-state index in [0.29, 0.717) is 18.3 Å². The van der Waals surface area contributed by atoms with Crippen molar-refractivity contribution in [1.82, 2.24) is 0 Å². The minimum Gasteiger partial charge on any atom is -0.481 e. The van der Waals surface area contributed by atoms with Gasteiger partial charge in [0.15, 0.2) is 0 Å². The maximum absolute atomic E-state index is 13.7. The lowest BCUT2D eigenvalue weighted by molar-refractivity contribution is -0.144. The minimum absolute atomic E-state index is 0.195. The van der Waals surface area contributed by atoms with Crippen molar-refractivity contribution in [1.29, 1.82) is 0 Å². The predicted octanol–water partition coefficient (Wildman–Crippen LogP) is 6.84. The predicted molar refractivity (Wildman–Crippen MR) is 107 cm³/mol. The van der Waals surface area contributed by atoms with Crippen LogP contribution in [0, 0.1) is 29.5 Å². The topological polar surface area (TPSA) is 37.3 Å². The maximum Gasteiger partial charge on any atom is 0.307 e. The fourth-order valence-electron chi connectivity index (χ4n) is 5.38. The Morgan fingerprint density at radius 3 is 2.26 bits per heavy atom. The van der Waals surface area contributed by atoms with Crippen LogP contribution in [0.4, 0.5) is 4.39 Å². The summed E-state index contributed by atoms with van der Waals surface area (Å²) in [6.07, 6.45) is 11.3. The Kier molecular flexibility index (Phi) is 6.97. The minimum atomic E-state index is -0.672. The van der Waals surface area contributed by atoms with Crippen LogP contribution in [0.15, 0.2) is 30.9 Å². The summed E-state index contributed by atoms with van der Waals surface area (Å²) in [6, 6.07) is 5.24. The summed E-state index contributed by atoms with van der Waals surface area (Å²) >= 11 is 5.80. The van der Waals surface area contributed by atoms with Crippen molar-refractivity contribution in [3.05, 3.63) is 47.3 Å². The molecule has 2 aliphatic rings. The number of hydrogen-bond donors (Lipinski definition) is 1. The average Bonchev–Trinajstić information content (AvgIpc) is 2.68. The lowest BCUT2D eigenvalue weighted by Crippen LogP contribution is -2.30. The Labute approximate surface area is 166 Å². The summed E-state index contributed by atoms with van der Waals surface area (Å²) in [7, 11) is 0. The van der Waals surface area contributed by atoms with Crippen LogP contribution in [0.25, 0.3) is 0 Å². The molecule has 2 aliphatic carbocycles. The monoisotopic (exact) mass is 392 g/mol. The molecule has 0 heterocycles. The Hall–Kier alpha value is -1.35. The summed E-state index contributed by atoms with van der Waals surface area (Å²) in [5, 5.41) is 9.66. The molecular weight excluding hydrogens is 363 g/mol. The van der Waals surface area contributed by atoms with Crippen molar-refractivity contribution in [3.63, 3.8) is 0 Å². The number of hydrogen-bond acceptors (Lipinski definition) is 1. The van der Waals surface area contributed by atoms with Crippen molar-refractivity contribution in [3.8, 4) is 0 Å². The molecule has 0 amide bonds. The molecule has 0 aliphatic heterocycles. The molecule has 27 heavy (non-hydrogen) atoms. The normalized spacial score (nSPS) is 29.9. The quantitative estimate of drug-likeness (QED) is 0.538. The van der Waals surface area contributed by atoms with Crippen LogP contribution < -0.4 is 0 Å². The molecular formula is C23H30ClFO2. The average molecular weight is 393 g/mol. The highest BCUT2D eigenvalue weighted by Crippen LogP contribution is 2.45. The van der Waals surface area contributed by atoms with Gasteiger partial charge in [-0.15, -0.1) is 6.58 Å². The molecule has 1 N–H and O–H groups in total. The Balaban J connectivity index is 1.50. The second-order valence-corrected chi connectivity index (χ2v) is 8.84. The number of allylic oxidation sites excluding steroid dienone is 1. The molecule has 2 fully saturated rings. The van der Waals surface area contributed by atoms with E-state index in [1.54, 1.807) is 18.2 Å². The standard InChI is InChI=1S/C23H30ClFO2/c1-2-3-20(23(26)27)18-10-8-16(9-11-18)15-4-6-17(7-5-15)19-12-13-21(24)22(25)14-19/h2,12-18,20H,1,3-11H2,(H,26,27). The molecule has 0 saturated heterocycles. The van der Waals surface area contributed by atoms with Crippen LogP contribution in [0.5, 0.6) is 0 Å². The number of halogens is 2. The lowest BCUT2D eigenvalue weighted by Gasteiger charge is -2.39. The molecule has 1 aromatic rings. The highest BCUT2D eigenvalue weighted by Gasteiger charge is 2.35. The van der Waals surface area contributed by atoms with Gasteiger partial charge in [0.25, 0.3) is 0 Å². The zero-order chi connectivity index (χ0) is 19.4. The molecule has 2 nitrogen and oxygen atoms in total. The smallest absolute Gasteiger partial charge is 0.307 e. The number of carboxylic acids is 1. The fraction of sp³-hybridized carbons (Fsp3) is 0.609. The van der Waals surface area contributed by atoms with E-state index in [1.165, 1.54) is 12.8 Å². The molecule has 148 valence electrons. The SMILES string of the molecule is C=CCC(C(=O)O)C1CCC(C2CCC(c3ccc(Cl)c(F)c3)CC2)CC1. The van der Waals surface area contributed by atoms with Crippen molar-refractivity contribution in [2.75, 3.05) is 0 Å². The van der Waals surface area contributed by atoms with Crippen molar-refractivity contribution >= 4 is 17.6 Å². The highest BCUT2D eigenvalue weighted by atomic mass is 35.5. The van der Waals surface area contributed by atoms with Gasteiger partial charge in [0.1, 0.15) is 5.82 Å². The van der Waals surface area contributed by atoms with Crippen LogP contribution in [0.1, 0.15) is 69.3 Å². The summed E-state index contributed by atoms with van der Waals surface area (Å²) in [5.41, 5.74) is 1.08. The first kappa shape index (κ1) is 20.4. The van der Waals surface area contributed by atoms with Gasteiger partial charge in [-0.05, 0) is 99.2 Å². The molecule has 0 spiro atoms. The first-order chi connectivity index (χ1) is 13.0. The van der Waals surface area contributed by atoms with Crippen LogP contribution in [0.3, 0.4) is 0 Å². The number of aliphatic carboxylic acids is 1. The number of benzene rings is 1. The van der Waals surface area contributed by atoms with E-state index in [1.807, 2.05) is 6.07 Å². The van der Waals surface area contributed by atoms with Crippen LogP contribution in [-0.4, -0.2) is 11.1 Å². The first-order valence-corrected chi connectivity index (χ1v) is 10.7. The molecule has 0 bridgehead atoms. The highest BCUT2D eigenvalue weighted by molar-refractivity contribution is 6.30. The lowest BCUT2D eigenvalue weighted by atomic mass is 9.66. The Morgan fingerprint density at radius 1 is 1.15 bits per heavy atom. The number of rotatable bonds is 6. The van der Waals surface area contributed by atoms with Crippen molar-refractivity contribution in [2.45, 2.75) is 63.7 Å². The van der Waals surface area contributed by atoms with Crippen molar-refractivity contribution in [2.24, 2.45) is 23.7 Å². The summed E-state index contributed by atoms with van der Waals surface area (Å²) in [5.74, 6) is 0.943.